The number of rotatable bonds is 6. The normalized spacial score (nSPS) is 15.0. The number of anilines is 1. The van der Waals surface area contributed by atoms with E-state index in [-0.39, 0.29) is 12.0 Å². The third-order valence-electron chi connectivity index (χ3n) is 3.22. The van der Waals surface area contributed by atoms with E-state index < -0.39 is 0 Å². The van der Waals surface area contributed by atoms with Crippen molar-refractivity contribution in [3.05, 3.63) is 12.4 Å². The lowest BCUT2D eigenvalue weighted by atomic mass is 10.4. The first-order valence-corrected chi connectivity index (χ1v) is 7.04. The number of likely N-dealkylation sites (tertiary alicyclic amines) is 1. The van der Waals surface area contributed by atoms with E-state index in [0.29, 0.717) is 12.3 Å². The first-order valence-electron chi connectivity index (χ1n) is 7.04. The van der Waals surface area contributed by atoms with Crippen molar-refractivity contribution in [1.82, 2.24) is 14.9 Å². The van der Waals surface area contributed by atoms with Crippen molar-refractivity contribution in [2.75, 3.05) is 31.6 Å². The van der Waals surface area contributed by atoms with Gasteiger partial charge in [-0.2, -0.15) is 4.98 Å². The minimum atomic E-state index is 0.0760. The van der Waals surface area contributed by atoms with Crippen molar-refractivity contribution >= 4 is 11.7 Å². The summed E-state index contributed by atoms with van der Waals surface area (Å²) in [4.78, 5) is 24.0. The topological polar surface area (TPSA) is 58.6 Å². The molecule has 1 aromatic heterocycles. The number of hydrogen-bond acceptors (Lipinski definition) is 5. The second-order valence-electron chi connectivity index (χ2n) is 5.29. The van der Waals surface area contributed by atoms with E-state index >= 15 is 0 Å². The largest absolute Gasteiger partial charge is 0.474 e. The van der Waals surface area contributed by atoms with Crippen LogP contribution < -0.4 is 9.64 Å². The van der Waals surface area contributed by atoms with Crippen molar-refractivity contribution in [3.63, 3.8) is 0 Å². The number of aromatic nitrogens is 2. The molecule has 1 saturated heterocycles. The molecule has 1 amide bonds. The fourth-order valence-electron chi connectivity index (χ4n) is 2.15. The molecule has 6 heteroatoms. The maximum atomic E-state index is 11.6. The lowest BCUT2D eigenvalue weighted by molar-refractivity contribution is -0.127. The maximum absolute atomic E-state index is 11.6. The Bertz CT molecular complexity index is 464. The lowest BCUT2D eigenvalue weighted by Gasteiger charge is -2.22. The molecule has 1 aromatic rings. The molecule has 1 aliphatic heterocycles. The first-order chi connectivity index (χ1) is 9.56. The lowest BCUT2D eigenvalue weighted by Crippen LogP contribution is -2.34. The standard InChI is InChI=1S/C14H22N4O2/c1-11(2)20-13-10-15-9-12(16-13)17(3)7-8-18-6-4-5-14(18)19/h9-11H,4-8H2,1-3H3. The molecule has 2 rings (SSSR count). The number of hydrogen-bond donors (Lipinski definition) is 0. The summed E-state index contributed by atoms with van der Waals surface area (Å²) in [5.41, 5.74) is 0. The molecular formula is C14H22N4O2. The van der Waals surface area contributed by atoms with Gasteiger partial charge in [-0.05, 0) is 20.3 Å². The van der Waals surface area contributed by atoms with Crippen molar-refractivity contribution in [2.24, 2.45) is 0 Å². The first kappa shape index (κ1) is 14.6. The second kappa shape index (κ2) is 6.54. The number of likely N-dealkylation sites (N-methyl/N-ethyl adjacent to an activating group) is 1. The van der Waals surface area contributed by atoms with Gasteiger partial charge in [0.2, 0.25) is 11.8 Å². The summed E-state index contributed by atoms with van der Waals surface area (Å²) in [5, 5.41) is 0. The highest BCUT2D eigenvalue weighted by molar-refractivity contribution is 5.78. The number of ether oxygens (including phenoxy) is 1. The Morgan fingerprint density at radius 1 is 1.45 bits per heavy atom. The summed E-state index contributed by atoms with van der Waals surface area (Å²) < 4.78 is 5.54. The molecule has 0 atom stereocenters. The minimum absolute atomic E-state index is 0.0760. The Balaban J connectivity index is 1.91. The van der Waals surface area contributed by atoms with E-state index in [0.717, 1.165) is 31.9 Å². The molecule has 110 valence electrons. The van der Waals surface area contributed by atoms with Crippen LogP contribution in [0.15, 0.2) is 12.4 Å². The van der Waals surface area contributed by atoms with E-state index in [9.17, 15) is 4.79 Å². The summed E-state index contributed by atoms with van der Waals surface area (Å²) in [6, 6.07) is 0. The van der Waals surface area contributed by atoms with Crippen LogP contribution in [-0.4, -0.2) is 53.6 Å². The van der Waals surface area contributed by atoms with E-state index in [1.807, 2.05) is 30.7 Å². The molecule has 0 saturated carbocycles. The summed E-state index contributed by atoms with van der Waals surface area (Å²) in [6.45, 7) is 6.25. The smallest absolute Gasteiger partial charge is 0.234 e. The summed E-state index contributed by atoms with van der Waals surface area (Å²) in [7, 11) is 1.95. The van der Waals surface area contributed by atoms with Crippen molar-refractivity contribution in [3.8, 4) is 5.88 Å². The van der Waals surface area contributed by atoms with Crippen LogP contribution >= 0.6 is 0 Å². The van der Waals surface area contributed by atoms with Crippen molar-refractivity contribution in [1.29, 1.82) is 0 Å². The van der Waals surface area contributed by atoms with Crippen LogP contribution in [-0.2, 0) is 4.79 Å². The van der Waals surface area contributed by atoms with Gasteiger partial charge in [-0.1, -0.05) is 0 Å². The molecule has 0 N–H and O–H groups in total. The van der Waals surface area contributed by atoms with Gasteiger partial charge in [0, 0.05) is 33.1 Å². The molecule has 0 spiro atoms. The molecule has 1 aliphatic rings. The van der Waals surface area contributed by atoms with Gasteiger partial charge in [-0.15, -0.1) is 0 Å². The van der Waals surface area contributed by atoms with Crippen LogP contribution in [0, 0.1) is 0 Å². The Kier molecular flexibility index (Phi) is 4.76. The van der Waals surface area contributed by atoms with Gasteiger partial charge in [0.25, 0.3) is 0 Å². The quantitative estimate of drug-likeness (QED) is 0.785. The molecule has 2 heterocycles. The fourth-order valence-corrected chi connectivity index (χ4v) is 2.15. The molecule has 0 unspecified atom stereocenters. The zero-order chi connectivity index (χ0) is 14.5. The predicted molar refractivity (Wildman–Crippen MR) is 76.9 cm³/mol. The average Bonchev–Trinajstić information content (AvgIpc) is 2.81. The zero-order valence-electron chi connectivity index (χ0n) is 12.4. The van der Waals surface area contributed by atoms with Crippen LogP contribution in [0.4, 0.5) is 5.82 Å². The van der Waals surface area contributed by atoms with Crippen LogP contribution in [0.5, 0.6) is 5.88 Å². The Morgan fingerprint density at radius 3 is 2.90 bits per heavy atom. The highest BCUT2D eigenvalue weighted by atomic mass is 16.5. The van der Waals surface area contributed by atoms with Gasteiger partial charge >= 0.3 is 0 Å². The Labute approximate surface area is 119 Å². The molecule has 6 nitrogen and oxygen atoms in total. The SMILES string of the molecule is CC(C)Oc1cncc(N(C)CCN2CCCC2=O)n1. The second-order valence-corrected chi connectivity index (χ2v) is 5.29. The van der Waals surface area contributed by atoms with E-state index in [2.05, 4.69) is 9.97 Å². The van der Waals surface area contributed by atoms with Gasteiger partial charge in [0.15, 0.2) is 5.82 Å². The van der Waals surface area contributed by atoms with Crippen LogP contribution in [0.3, 0.4) is 0 Å². The van der Waals surface area contributed by atoms with Crippen LogP contribution in [0.25, 0.3) is 0 Å². The molecule has 1 fully saturated rings. The Hall–Kier alpha value is -1.85. The number of carbonyl (C=O) groups excluding carboxylic acids is 1. The summed E-state index contributed by atoms with van der Waals surface area (Å²) >= 11 is 0. The highest BCUT2D eigenvalue weighted by Crippen LogP contribution is 2.14. The summed E-state index contributed by atoms with van der Waals surface area (Å²) in [5.74, 6) is 1.54. The van der Waals surface area contributed by atoms with Crippen molar-refractivity contribution < 1.29 is 9.53 Å². The zero-order valence-corrected chi connectivity index (χ0v) is 12.4. The molecule has 20 heavy (non-hydrogen) atoms. The van der Waals surface area contributed by atoms with Gasteiger partial charge in [-0.3, -0.25) is 9.78 Å². The van der Waals surface area contributed by atoms with Crippen molar-refractivity contribution in [2.45, 2.75) is 32.8 Å². The van der Waals surface area contributed by atoms with E-state index in [1.54, 1.807) is 12.4 Å². The molecular weight excluding hydrogens is 256 g/mol. The minimum Gasteiger partial charge on any atom is -0.474 e. The fraction of sp³-hybridized carbons (Fsp3) is 0.643. The Morgan fingerprint density at radius 2 is 2.25 bits per heavy atom. The van der Waals surface area contributed by atoms with E-state index in [1.165, 1.54) is 0 Å². The van der Waals surface area contributed by atoms with Crippen LogP contribution in [0.1, 0.15) is 26.7 Å². The highest BCUT2D eigenvalue weighted by Gasteiger charge is 2.20. The molecule has 0 aromatic carbocycles. The third kappa shape index (κ3) is 3.82. The van der Waals surface area contributed by atoms with Gasteiger partial charge in [0.1, 0.15) is 0 Å². The molecule has 0 aliphatic carbocycles. The third-order valence-corrected chi connectivity index (χ3v) is 3.22. The number of carbonyl (C=O) groups is 1. The summed E-state index contributed by atoms with van der Waals surface area (Å²) in [6.07, 6.45) is 5.05. The number of nitrogens with zero attached hydrogens (tertiary/aromatic N) is 4. The number of amides is 1. The van der Waals surface area contributed by atoms with Crippen LogP contribution in [0.2, 0.25) is 0 Å². The monoisotopic (exact) mass is 278 g/mol. The van der Waals surface area contributed by atoms with Gasteiger partial charge in [0.05, 0.1) is 18.5 Å². The predicted octanol–water partition coefficient (Wildman–Crippen LogP) is 1.32. The van der Waals surface area contributed by atoms with Gasteiger partial charge in [-0.25, -0.2) is 0 Å². The molecule has 0 bridgehead atoms. The molecule has 0 radical (unpaired) electrons. The maximum Gasteiger partial charge on any atom is 0.234 e. The van der Waals surface area contributed by atoms with E-state index in [4.69, 9.17) is 4.74 Å². The van der Waals surface area contributed by atoms with Gasteiger partial charge < -0.3 is 14.5 Å². The average molecular weight is 278 g/mol.